The molecule has 1 fully saturated rings. The van der Waals surface area contributed by atoms with E-state index in [1.165, 1.54) is 6.92 Å². The lowest BCUT2D eigenvalue weighted by Gasteiger charge is -2.28. The van der Waals surface area contributed by atoms with Crippen LogP contribution in [0.4, 0.5) is 0 Å². The minimum atomic E-state index is -0.993. The number of rotatable bonds is 4. The lowest BCUT2D eigenvalue weighted by atomic mass is 9.85. The number of aliphatic hydroxyl groups is 1. The summed E-state index contributed by atoms with van der Waals surface area (Å²) < 4.78 is 0. The molecule has 134 valence electrons. The first kappa shape index (κ1) is 17.3. The molecule has 0 spiro atoms. The Kier molecular flexibility index (Phi) is 4.71. The summed E-state index contributed by atoms with van der Waals surface area (Å²) in [5.74, 6) is 0.0438. The number of aromatic nitrogens is 3. The minimum Gasteiger partial charge on any atom is -0.384 e. The first-order valence-electron chi connectivity index (χ1n) is 8.50. The molecular weight excluding hydrogens is 322 g/mol. The SMILES string of the molecule is Cc1[nH]c2cnc(C3CCC(NC(=O)[C@H](C)O)CC3)nc2c1C(N)=O. The van der Waals surface area contributed by atoms with E-state index >= 15 is 0 Å². The quantitative estimate of drug-likeness (QED) is 0.653. The van der Waals surface area contributed by atoms with E-state index in [0.717, 1.165) is 25.7 Å². The van der Waals surface area contributed by atoms with E-state index in [2.05, 4.69) is 20.3 Å². The maximum atomic E-state index is 11.7. The van der Waals surface area contributed by atoms with Gasteiger partial charge >= 0.3 is 0 Å². The molecule has 1 aliphatic carbocycles. The molecule has 2 heterocycles. The number of nitrogens with zero attached hydrogens (tertiary/aromatic N) is 2. The average Bonchev–Trinajstić information content (AvgIpc) is 2.90. The molecule has 1 saturated carbocycles. The Bertz CT molecular complexity index is 806. The van der Waals surface area contributed by atoms with Crippen LogP contribution in [-0.4, -0.2) is 44.0 Å². The molecule has 2 amide bonds. The van der Waals surface area contributed by atoms with Crippen LogP contribution >= 0.6 is 0 Å². The summed E-state index contributed by atoms with van der Waals surface area (Å²) in [7, 11) is 0. The van der Waals surface area contributed by atoms with E-state index in [-0.39, 0.29) is 17.9 Å². The number of amides is 2. The number of aryl methyl sites for hydroxylation is 1. The van der Waals surface area contributed by atoms with Crippen LogP contribution in [0.3, 0.4) is 0 Å². The van der Waals surface area contributed by atoms with Crippen molar-refractivity contribution in [2.75, 3.05) is 0 Å². The van der Waals surface area contributed by atoms with Crippen molar-refractivity contribution >= 4 is 22.8 Å². The second kappa shape index (κ2) is 6.79. The largest absolute Gasteiger partial charge is 0.384 e. The smallest absolute Gasteiger partial charge is 0.252 e. The summed E-state index contributed by atoms with van der Waals surface area (Å²) in [5, 5.41) is 12.1. The molecule has 8 heteroatoms. The number of nitrogens with one attached hydrogen (secondary N) is 2. The van der Waals surface area contributed by atoms with Gasteiger partial charge in [0.2, 0.25) is 5.91 Å². The van der Waals surface area contributed by atoms with Crippen LogP contribution in [0.15, 0.2) is 6.20 Å². The van der Waals surface area contributed by atoms with Gasteiger partial charge in [-0.1, -0.05) is 0 Å². The van der Waals surface area contributed by atoms with Gasteiger partial charge in [0.15, 0.2) is 0 Å². The molecule has 1 atom stereocenters. The Morgan fingerprint density at radius 2 is 2.04 bits per heavy atom. The number of hydrogen-bond acceptors (Lipinski definition) is 5. The molecule has 0 bridgehead atoms. The fraction of sp³-hybridized carbons (Fsp3) is 0.529. The van der Waals surface area contributed by atoms with Gasteiger partial charge in [0.05, 0.1) is 17.3 Å². The highest BCUT2D eigenvalue weighted by molar-refractivity contribution is 6.05. The van der Waals surface area contributed by atoms with Gasteiger partial charge < -0.3 is 21.1 Å². The number of fused-ring (bicyclic) bond motifs is 1. The summed E-state index contributed by atoms with van der Waals surface area (Å²) >= 11 is 0. The van der Waals surface area contributed by atoms with E-state index in [1.807, 2.05) is 0 Å². The minimum absolute atomic E-state index is 0.0674. The van der Waals surface area contributed by atoms with Crippen LogP contribution in [0.25, 0.3) is 11.0 Å². The highest BCUT2D eigenvalue weighted by Crippen LogP contribution is 2.32. The molecule has 2 aromatic rings. The van der Waals surface area contributed by atoms with Gasteiger partial charge in [0.1, 0.15) is 17.4 Å². The third-order valence-corrected chi connectivity index (χ3v) is 4.81. The van der Waals surface area contributed by atoms with Crippen LogP contribution in [-0.2, 0) is 4.79 Å². The Hall–Kier alpha value is -2.48. The molecular formula is C17H23N5O3. The number of H-pyrrole nitrogens is 1. The molecule has 0 unspecified atom stereocenters. The first-order chi connectivity index (χ1) is 11.9. The zero-order valence-electron chi connectivity index (χ0n) is 14.4. The Morgan fingerprint density at radius 3 is 2.64 bits per heavy atom. The van der Waals surface area contributed by atoms with E-state index in [9.17, 15) is 14.7 Å². The zero-order valence-corrected chi connectivity index (χ0v) is 14.4. The number of carbonyl (C=O) groups is 2. The monoisotopic (exact) mass is 345 g/mol. The normalized spacial score (nSPS) is 21.9. The second-order valence-electron chi connectivity index (χ2n) is 6.71. The number of aromatic amines is 1. The number of nitrogens with two attached hydrogens (primary N) is 1. The van der Waals surface area contributed by atoms with Crippen molar-refractivity contribution < 1.29 is 14.7 Å². The lowest BCUT2D eigenvalue weighted by molar-refractivity contribution is -0.129. The lowest BCUT2D eigenvalue weighted by Crippen LogP contribution is -2.42. The standard InChI is InChI=1S/C17H23N5O3/c1-8-13(15(18)24)14-12(20-8)7-19-16(22-14)10-3-5-11(6-4-10)21-17(25)9(2)23/h7,9-11,20,23H,3-6H2,1-2H3,(H2,18,24)(H,21,25)/t9-,10?,11?/m0/s1. The van der Waals surface area contributed by atoms with Crippen molar-refractivity contribution in [1.82, 2.24) is 20.3 Å². The van der Waals surface area contributed by atoms with E-state index in [0.29, 0.717) is 28.1 Å². The molecule has 25 heavy (non-hydrogen) atoms. The van der Waals surface area contributed by atoms with Gasteiger partial charge in [0.25, 0.3) is 5.91 Å². The van der Waals surface area contributed by atoms with Crippen molar-refractivity contribution in [3.05, 3.63) is 23.3 Å². The summed E-state index contributed by atoms with van der Waals surface area (Å²) in [4.78, 5) is 35.3. The molecule has 0 radical (unpaired) electrons. The van der Waals surface area contributed by atoms with E-state index < -0.39 is 12.0 Å². The van der Waals surface area contributed by atoms with Gasteiger partial charge in [-0.15, -0.1) is 0 Å². The van der Waals surface area contributed by atoms with Crippen molar-refractivity contribution in [3.63, 3.8) is 0 Å². The summed E-state index contributed by atoms with van der Waals surface area (Å²) in [6, 6.07) is 0.0674. The summed E-state index contributed by atoms with van der Waals surface area (Å²) in [5.41, 5.74) is 7.84. The Labute approximate surface area is 145 Å². The third kappa shape index (κ3) is 3.48. The Balaban J connectivity index is 1.74. The maximum Gasteiger partial charge on any atom is 0.252 e. The molecule has 1 aliphatic rings. The van der Waals surface area contributed by atoms with Gasteiger partial charge in [-0.3, -0.25) is 9.59 Å². The van der Waals surface area contributed by atoms with Crippen LogP contribution in [0, 0.1) is 6.92 Å². The summed E-state index contributed by atoms with van der Waals surface area (Å²) in [6.45, 7) is 3.25. The van der Waals surface area contributed by atoms with Gasteiger partial charge in [-0.05, 0) is 39.5 Å². The van der Waals surface area contributed by atoms with Crippen molar-refractivity contribution in [2.45, 2.75) is 57.6 Å². The number of primary amides is 1. The number of hydrogen-bond donors (Lipinski definition) is 4. The van der Waals surface area contributed by atoms with Crippen LogP contribution in [0.5, 0.6) is 0 Å². The predicted molar refractivity (Wildman–Crippen MR) is 92.0 cm³/mol. The predicted octanol–water partition coefficient (Wildman–Crippen LogP) is 0.888. The Morgan fingerprint density at radius 1 is 1.36 bits per heavy atom. The molecule has 5 N–H and O–H groups in total. The molecule has 3 rings (SSSR count). The van der Waals surface area contributed by atoms with Crippen molar-refractivity contribution in [1.29, 1.82) is 0 Å². The molecule has 0 aromatic carbocycles. The van der Waals surface area contributed by atoms with Crippen molar-refractivity contribution in [2.24, 2.45) is 5.73 Å². The zero-order chi connectivity index (χ0) is 18.1. The van der Waals surface area contributed by atoms with Crippen LogP contribution < -0.4 is 11.1 Å². The van der Waals surface area contributed by atoms with Gasteiger partial charge in [-0.25, -0.2) is 9.97 Å². The van der Waals surface area contributed by atoms with Crippen molar-refractivity contribution in [3.8, 4) is 0 Å². The van der Waals surface area contributed by atoms with E-state index in [4.69, 9.17) is 5.73 Å². The van der Waals surface area contributed by atoms with Gasteiger partial charge in [0, 0.05) is 17.7 Å². The topological polar surface area (TPSA) is 134 Å². The van der Waals surface area contributed by atoms with Gasteiger partial charge in [-0.2, -0.15) is 0 Å². The summed E-state index contributed by atoms with van der Waals surface area (Å²) in [6.07, 6.45) is 3.99. The first-order valence-corrected chi connectivity index (χ1v) is 8.50. The highest BCUT2D eigenvalue weighted by atomic mass is 16.3. The average molecular weight is 345 g/mol. The van der Waals surface area contributed by atoms with Crippen LogP contribution in [0.1, 0.15) is 60.4 Å². The molecule has 2 aromatic heterocycles. The highest BCUT2D eigenvalue weighted by Gasteiger charge is 2.27. The van der Waals surface area contributed by atoms with E-state index in [1.54, 1.807) is 13.1 Å². The fourth-order valence-electron chi connectivity index (χ4n) is 3.44. The molecule has 0 saturated heterocycles. The molecule has 0 aliphatic heterocycles. The second-order valence-corrected chi connectivity index (χ2v) is 6.71. The fourth-order valence-corrected chi connectivity index (χ4v) is 3.44. The number of carbonyl (C=O) groups excluding carboxylic acids is 2. The third-order valence-electron chi connectivity index (χ3n) is 4.81. The van der Waals surface area contributed by atoms with Crippen LogP contribution in [0.2, 0.25) is 0 Å². The molecule has 8 nitrogen and oxygen atoms in total. The number of aliphatic hydroxyl groups excluding tert-OH is 1. The maximum absolute atomic E-state index is 11.7.